The number of halogens is 1. The Morgan fingerprint density at radius 1 is 1.12 bits per heavy atom. The van der Waals surface area contributed by atoms with Crippen molar-refractivity contribution in [3.8, 4) is 0 Å². The average Bonchev–Trinajstić information content (AvgIpc) is 2.29. The fourth-order valence-electron chi connectivity index (χ4n) is 2.28. The van der Waals surface area contributed by atoms with E-state index in [4.69, 9.17) is 5.73 Å². The predicted molar refractivity (Wildman–Crippen MR) is 72.6 cm³/mol. The topological polar surface area (TPSA) is 38.0 Å². The Labute approximate surface area is 106 Å². The molecule has 1 saturated carbocycles. The molecule has 88 valence electrons. The van der Waals surface area contributed by atoms with Crippen molar-refractivity contribution in [1.82, 2.24) is 0 Å². The van der Waals surface area contributed by atoms with Crippen molar-refractivity contribution in [3.63, 3.8) is 0 Å². The molecule has 1 aromatic carbocycles. The van der Waals surface area contributed by atoms with Crippen LogP contribution in [0.3, 0.4) is 0 Å². The quantitative estimate of drug-likeness (QED) is 0.890. The minimum absolute atomic E-state index is 0.00528. The molecular weight excluding hydrogens is 264 g/mol. The summed E-state index contributed by atoms with van der Waals surface area (Å²) in [6.45, 7) is 0.884. The molecule has 0 spiro atoms. The Morgan fingerprint density at radius 3 is 2.38 bits per heavy atom. The molecule has 0 heterocycles. The maximum absolute atomic E-state index is 6.37. The van der Waals surface area contributed by atoms with Gasteiger partial charge in [-0.2, -0.15) is 0 Å². The van der Waals surface area contributed by atoms with Gasteiger partial charge in [0.15, 0.2) is 0 Å². The second kappa shape index (κ2) is 5.19. The zero-order valence-corrected chi connectivity index (χ0v) is 11.1. The highest BCUT2D eigenvalue weighted by Gasteiger charge is 2.26. The summed E-state index contributed by atoms with van der Waals surface area (Å²) in [5, 5.41) is 3.44. The second-order valence-electron chi connectivity index (χ2n) is 4.78. The van der Waals surface area contributed by atoms with Crippen LogP contribution in [-0.2, 0) is 0 Å². The van der Waals surface area contributed by atoms with Gasteiger partial charge in [0.05, 0.1) is 0 Å². The van der Waals surface area contributed by atoms with Gasteiger partial charge in [-0.1, -0.05) is 35.2 Å². The Kier molecular flexibility index (Phi) is 3.87. The third-order valence-electron chi connectivity index (χ3n) is 3.34. The lowest BCUT2D eigenvalue weighted by molar-refractivity contribution is 0.311. The normalized spacial score (nSPS) is 19.4. The minimum Gasteiger partial charge on any atom is -0.383 e. The van der Waals surface area contributed by atoms with Crippen LogP contribution in [0, 0.1) is 0 Å². The van der Waals surface area contributed by atoms with Crippen molar-refractivity contribution in [2.75, 3.05) is 11.9 Å². The van der Waals surface area contributed by atoms with Crippen molar-refractivity contribution in [1.29, 1.82) is 0 Å². The van der Waals surface area contributed by atoms with Crippen LogP contribution in [0.5, 0.6) is 0 Å². The van der Waals surface area contributed by atoms with E-state index < -0.39 is 0 Å². The molecule has 1 fully saturated rings. The first-order valence-corrected chi connectivity index (χ1v) is 6.76. The molecule has 0 radical (unpaired) electrons. The Bertz CT molecular complexity index is 328. The van der Waals surface area contributed by atoms with Crippen molar-refractivity contribution in [2.24, 2.45) is 5.73 Å². The first-order valence-electron chi connectivity index (χ1n) is 5.96. The molecule has 0 bridgehead atoms. The lowest BCUT2D eigenvalue weighted by atomic mass is 9.82. The van der Waals surface area contributed by atoms with Crippen LogP contribution in [-0.4, -0.2) is 12.1 Å². The minimum atomic E-state index is 0.00528. The third kappa shape index (κ3) is 3.22. The van der Waals surface area contributed by atoms with Crippen LogP contribution in [0.4, 0.5) is 5.69 Å². The molecule has 0 atom stereocenters. The van der Waals surface area contributed by atoms with Crippen LogP contribution in [0.15, 0.2) is 28.7 Å². The molecular formula is C13H19BrN2. The van der Waals surface area contributed by atoms with Gasteiger partial charge in [0.25, 0.3) is 0 Å². The molecule has 0 aromatic heterocycles. The van der Waals surface area contributed by atoms with E-state index in [0.29, 0.717) is 0 Å². The summed E-state index contributed by atoms with van der Waals surface area (Å²) < 4.78 is 1.11. The number of nitrogens with one attached hydrogen (secondary N) is 1. The first-order chi connectivity index (χ1) is 7.68. The molecule has 2 rings (SSSR count). The molecule has 0 unspecified atom stereocenters. The molecule has 0 aliphatic heterocycles. The standard InChI is InChI=1S/C13H19BrN2/c14-11-4-6-12(7-5-11)16-10-13(15)8-2-1-3-9-13/h4-7,16H,1-3,8-10,15H2. The van der Waals surface area contributed by atoms with E-state index in [9.17, 15) is 0 Å². The van der Waals surface area contributed by atoms with Gasteiger partial charge < -0.3 is 11.1 Å². The van der Waals surface area contributed by atoms with Gasteiger partial charge in [0, 0.05) is 22.2 Å². The monoisotopic (exact) mass is 282 g/mol. The number of anilines is 1. The van der Waals surface area contributed by atoms with E-state index in [0.717, 1.165) is 29.5 Å². The maximum atomic E-state index is 6.37. The summed E-state index contributed by atoms with van der Waals surface area (Å²) in [5.74, 6) is 0. The SMILES string of the molecule is NC1(CNc2ccc(Br)cc2)CCCCC1. The Balaban J connectivity index is 1.88. The van der Waals surface area contributed by atoms with E-state index in [1.54, 1.807) is 0 Å². The van der Waals surface area contributed by atoms with Crippen molar-refractivity contribution in [3.05, 3.63) is 28.7 Å². The molecule has 16 heavy (non-hydrogen) atoms. The summed E-state index contributed by atoms with van der Waals surface area (Å²) in [7, 11) is 0. The first kappa shape index (κ1) is 11.9. The summed E-state index contributed by atoms with van der Waals surface area (Å²) in [6, 6.07) is 8.26. The summed E-state index contributed by atoms with van der Waals surface area (Å²) in [4.78, 5) is 0. The average molecular weight is 283 g/mol. The van der Waals surface area contributed by atoms with Gasteiger partial charge >= 0.3 is 0 Å². The van der Waals surface area contributed by atoms with Crippen molar-refractivity contribution in [2.45, 2.75) is 37.6 Å². The van der Waals surface area contributed by atoms with E-state index in [2.05, 4.69) is 33.4 Å². The third-order valence-corrected chi connectivity index (χ3v) is 3.87. The van der Waals surface area contributed by atoms with Gasteiger partial charge in [0.1, 0.15) is 0 Å². The van der Waals surface area contributed by atoms with Crippen LogP contribution < -0.4 is 11.1 Å². The van der Waals surface area contributed by atoms with E-state index in [1.165, 1.54) is 19.3 Å². The number of nitrogens with two attached hydrogens (primary N) is 1. The van der Waals surface area contributed by atoms with Crippen LogP contribution >= 0.6 is 15.9 Å². The smallest absolute Gasteiger partial charge is 0.0341 e. The molecule has 3 heteroatoms. The van der Waals surface area contributed by atoms with Gasteiger partial charge in [-0.3, -0.25) is 0 Å². The predicted octanol–water partition coefficient (Wildman–Crippen LogP) is 3.52. The lowest BCUT2D eigenvalue weighted by Gasteiger charge is -2.33. The molecule has 1 aromatic rings. The Morgan fingerprint density at radius 2 is 1.75 bits per heavy atom. The number of benzene rings is 1. The zero-order chi connectivity index (χ0) is 11.4. The highest BCUT2D eigenvalue weighted by Crippen LogP contribution is 2.26. The number of hydrogen-bond donors (Lipinski definition) is 2. The van der Waals surface area contributed by atoms with Crippen LogP contribution in [0.25, 0.3) is 0 Å². The lowest BCUT2D eigenvalue weighted by Crippen LogP contribution is -2.47. The fraction of sp³-hybridized carbons (Fsp3) is 0.538. The zero-order valence-electron chi connectivity index (χ0n) is 9.51. The number of hydrogen-bond acceptors (Lipinski definition) is 2. The molecule has 3 N–H and O–H groups in total. The maximum Gasteiger partial charge on any atom is 0.0341 e. The van der Waals surface area contributed by atoms with Crippen molar-refractivity contribution < 1.29 is 0 Å². The molecule has 1 aliphatic rings. The molecule has 1 aliphatic carbocycles. The molecule has 0 saturated heterocycles. The van der Waals surface area contributed by atoms with Crippen molar-refractivity contribution >= 4 is 21.6 Å². The fourth-order valence-corrected chi connectivity index (χ4v) is 2.54. The second-order valence-corrected chi connectivity index (χ2v) is 5.70. The number of rotatable bonds is 3. The largest absolute Gasteiger partial charge is 0.383 e. The van der Waals surface area contributed by atoms with Gasteiger partial charge in [-0.15, -0.1) is 0 Å². The summed E-state index contributed by atoms with van der Waals surface area (Å²) in [6.07, 6.45) is 6.20. The van der Waals surface area contributed by atoms with Crippen LogP contribution in [0.2, 0.25) is 0 Å². The van der Waals surface area contributed by atoms with Crippen LogP contribution in [0.1, 0.15) is 32.1 Å². The summed E-state index contributed by atoms with van der Waals surface area (Å²) in [5.41, 5.74) is 7.52. The Hall–Kier alpha value is -0.540. The highest BCUT2D eigenvalue weighted by molar-refractivity contribution is 9.10. The molecule has 2 nitrogen and oxygen atoms in total. The van der Waals surface area contributed by atoms with Gasteiger partial charge in [-0.25, -0.2) is 0 Å². The summed E-state index contributed by atoms with van der Waals surface area (Å²) >= 11 is 3.43. The van der Waals surface area contributed by atoms with E-state index in [1.807, 2.05) is 12.1 Å². The molecule has 0 amide bonds. The van der Waals surface area contributed by atoms with Gasteiger partial charge in [0.2, 0.25) is 0 Å². The van der Waals surface area contributed by atoms with E-state index >= 15 is 0 Å². The van der Waals surface area contributed by atoms with E-state index in [-0.39, 0.29) is 5.54 Å². The van der Waals surface area contributed by atoms with Gasteiger partial charge in [-0.05, 0) is 37.1 Å². The highest BCUT2D eigenvalue weighted by atomic mass is 79.9.